The molecule has 2 nitrogen and oxygen atoms in total. The number of nitrogens with one attached hydrogen (secondary N) is 1. The van der Waals surface area contributed by atoms with Crippen LogP contribution < -0.4 is 4.87 Å². The Morgan fingerprint density at radius 1 is 1.35 bits per heavy atom. The third kappa shape index (κ3) is 5.53. The van der Waals surface area contributed by atoms with Crippen LogP contribution in [0, 0.1) is 5.41 Å². The topological polar surface area (TPSA) is 32.9 Å². The number of rotatable bonds is 6. The molecule has 0 bridgehead atoms. The molecule has 0 saturated carbocycles. The standard InChI is InChI=1S/C14H25NOS/c1-5-11(12-10-17-13(16)15-12)8-6-7-9-14(2,3)4/h10-11H,5-9H2,1-4H3,(H,15,16). The Labute approximate surface area is 108 Å². The van der Waals surface area contributed by atoms with E-state index in [1.807, 2.05) is 5.38 Å². The normalized spacial score (nSPS) is 13.9. The minimum Gasteiger partial charge on any atom is -0.316 e. The average Bonchev–Trinajstić information content (AvgIpc) is 2.63. The van der Waals surface area contributed by atoms with Crippen LogP contribution in [-0.4, -0.2) is 4.98 Å². The summed E-state index contributed by atoms with van der Waals surface area (Å²) < 4.78 is 0. The summed E-state index contributed by atoms with van der Waals surface area (Å²) in [6.07, 6.45) is 6.13. The fraction of sp³-hybridized carbons (Fsp3) is 0.786. The molecule has 0 saturated heterocycles. The SMILES string of the molecule is CCC(CCCCC(C)(C)C)c1csc(=O)[nH]1. The maximum Gasteiger partial charge on any atom is 0.304 e. The highest BCUT2D eigenvalue weighted by Gasteiger charge is 2.13. The maximum absolute atomic E-state index is 11.1. The highest BCUT2D eigenvalue weighted by molar-refractivity contribution is 7.07. The number of unbranched alkanes of at least 4 members (excludes halogenated alkanes) is 1. The third-order valence-electron chi connectivity index (χ3n) is 3.20. The number of aromatic nitrogens is 1. The molecule has 1 atom stereocenters. The van der Waals surface area contributed by atoms with Crippen LogP contribution in [0.3, 0.4) is 0 Å². The Bertz CT molecular complexity index is 372. The van der Waals surface area contributed by atoms with Crippen LogP contribution in [0.25, 0.3) is 0 Å². The molecule has 1 aromatic heterocycles. The predicted molar refractivity (Wildman–Crippen MR) is 75.9 cm³/mol. The molecule has 1 aromatic rings. The highest BCUT2D eigenvalue weighted by Crippen LogP contribution is 2.27. The van der Waals surface area contributed by atoms with Crippen LogP contribution in [0.4, 0.5) is 0 Å². The molecule has 0 aliphatic heterocycles. The van der Waals surface area contributed by atoms with Gasteiger partial charge in [0.2, 0.25) is 0 Å². The second kappa shape index (κ2) is 6.39. The van der Waals surface area contributed by atoms with Crippen molar-refractivity contribution in [1.82, 2.24) is 4.98 Å². The molecule has 1 N–H and O–H groups in total. The summed E-state index contributed by atoms with van der Waals surface area (Å²) in [5, 5.41) is 1.99. The number of thiazole rings is 1. The first kappa shape index (κ1) is 14.5. The fourth-order valence-corrected chi connectivity index (χ4v) is 2.78. The van der Waals surface area contributed by atoms with Gasteiger partial charge in [0.15, 0.2) is 0 Å². The Balaban J connectivity index is 2.36. The van der Waals surface area contributed by atoms with Gasteiger partial charge in [-0.15, -0.1) is 0 Å². The molecule has 98 valence electrons. The van der Waals surface area contributed by atoms with E-state index in [1.54, 1.807) is 0 Å². The quantitative estimate of drug-likeness (QED) is 0.744. The molecule has 0 aromatic carbocycles. The van der Waals surface area contributed by atoms with Crippen LogP contribution in [0.1, 0.15) is 71.4 Å². The van der Waals surface area contributed by atoms with E-state index in [0.29, 0.717) is 11.3 Å². The van der Waals surface area contributed by atoms with Gasteiger partial charge in [-0.3, -0.25) is 4.79 Å². The van der Waals surface area contributed by atoms with Crippen LogP contribution in [0.2, 0.25) is 0 Å². The van der Waals surface area contributed by atoms with Crippen LogP contribution in [0.5, 0.6) is 0 Å². The van der Waals surface area contributed by atoms with E-state index < -0.39 is 0 Å². The van der Waals surface area contributed by atoms with Crippen molar-refractivity contribution in [3.63, 3.8) is 0 Å². The number of hydrogen-bond acceptors (Lipinski definition) is 2. The molecule has 1 rings (SSSR count). The molecule has 0 aliphatic rings. The number of aromatic amines is 1. The van der Waals surface area contributed by atoms with Gasteiger partial charge in [0.25, 0.3) is 0 Å². The fourth-order valence-electron chi connectivity index (χ4n) is 2.12. The summed E-state index contributed by atoms with van der Waals surface area (Å²) in [6.45, 7) is 9.08. The van der Waals surface area contributed by atoms with Crippen molar-refractivity contribution in [3.05, 3.63) is 20.7 Å². The molecule has 1 heterocycles. The van der Waals surface area contributed by atoms with Crippen molar-refractivity contribution in [1.29, 1.82) is 0 Å². The summed E-state index contributed by atoms with van der Waals surface area (Å²) in [4.78, 5) is 14.2. The van der Waals surface area contributed by atoms with Gasteiger partial charge in [-0.25, -0.2) is 0 Å². The summed E-state index contributed by atoms with van der Waals surface area (Å²) in [5.41, 5.74) is 1.58. The first-order valence-electron chi connectivity index (χ1n) is 6.60. The highest BCUT2D eigenvalue weighted by atomic mass is 32.1. The molecule has 17 heavy (non-hydrogen) atoms. The molecule has 3 heteroatoms. The lowest BCUT2D eigenvalue weighted by atomic mass is 9.88. The van der Waals surface area contributed by atoms with Gasteiger partial charge >= 0.3 is 4.87 Å². The van der Waals surface area contributed by atoms with Crippen molar-refractivity contribution in [2.45, 2.75) is 65.7 Å². The van der Waals surface area contributed by atoms with Gasteiger partial charge < -0.3 is 4.98 Å². The monoisotopic (exact) mass is 255 g/mol. The zero-order valence-corrected chi connectivity index (χ0v) is 12.3. The van der Waals surface area contributed by atoms with Crippen LogP contribution >= 0.6 is 11.3 Å². The molecule has 1 unspecified atom stereocenters. The minimum absolute atomic E-state index is 0.0770. The second-order valence-electron chi connectivity index (χ2n) is 6.02. The number of H-pyrrole nitrogens is 1. The van der Waals surface area contributed by atoms with Gasteiger partial charge in [0, 0.05) is 11.1 Å². The Hall–Kier alpha value is -0.570. The summed E-state index contributed by atoms with van der Waals surface area (Å²) in [7, 11) is 0. The Morgan fingerprint density at radius 2 is 2.06 bits per heavy atom. The zero-order valence-electron chi connectivity index (χ0n) is 11.5. The van der Waals surface area contributed by atoms with E-state index in [1.165, 1.54) is 37.0 Å². The average molecular weight is 255 g/mol. The van der Waals surface area contributed by atoms with Crippen molar-refractivity contribution >= 4 is 11.3 Å². The minimum atomic E-state index is 0.0770. The molecule has 0 aliphatic carbocycles. The lowest BCUT2D eigenvalue weighted by molar-refractivity contribution is 0.353. The van der Waals surface area contributed by atoms with Crippen molar-refractivity contribution in [3.8, 4) is 0 Å². The third-order valence-corrected chi connectivity index (χ3v) is 3.89. The van der Waals surface area contributed by atoms with E-state index in [-0.39, 0.29) is 4.87 Å². The van der Waals surface area contributed by atoms with Crippen molar-refractivity contribution in [2.24, 2.45) is 5.41 Å². The van der Waals surface area contributed by atoms with Gasteiger partial charge in [0.05, 0.1) is 0 Å². The molecule has 0 fully saturated rings. The summed E-state index contributed by atoms with van der Waals surface area (Å²) >= 11 is 1.28. The molecular weight excluding hydrogens is 230 g/mol. The van der Waals surface area contributed by atoms with E-state index in [2.05, 4.69) is 32.7 Å². The van der Waals surface area contributed by atoms with Gasteiger partial charge in [-0.1, -0.05) is 51.9 Å². The number of hydrogen-bond donors (Lipinski definition) is 1. The second-order valence-corrected chi connectivity index (χ2v) is 6.86. The molecule has 0 amide bonds. The largest absolute Gasteiger partial charge is 0.316 e. The molecular formula is C14H25NOS. The van der Waals surface area contributed by atoms with Gasteiger partial charge in [0.1, 0.15) is 0 Å². The first-order chi connectivity index (χ1) is 7.92. The molecule has 0 radical (unpaired) electrons. The van der Waals surface area contributed by atoms with Crippen molar-refractivity contribution < 1.29 is 0 Å². The van der Waals surface area contributed by atoms with E-state index >= 15 is 0 Å². The van der Waals surface area contributed by atoms with Crippen molar-refractivity contribution in [2.75, 3.05) is 0 Å². The first-order valence-corrected chi connectivity index (χ1v) is 7.48. The van der Waals surface area contributed by atoms with Gasteiger partial charge in [-0.05, 0) is 30.6 Å². The summed E-state index contributed by atoms with van der Waals surface area (Å²) in [5.74, 6) is 0.536. The molecule has 0 spiro atoms. The lowest BCUT2D eigenvalue weighted by Gasteiger charge is -2.18. The van der Waals surface area contributed by atoms with E-state index in [0.717, 1.165) is 12.1 Å². The Kier molecular flexibility index (Phi) is 5.44. The Morgan fingerprint density at radius 3 is 2.53 bits per heavy atom. The summed E-state index contributed by atoms with van der Waals surface area (Å²) in [6, 6.07) is 0. The maximum atomic E-state index is 11.1. The van der Waals surface area contributed by atoms with E-state index in [9.17, 15) is 4.79 Å². The van der Waals surface area contributed by atoms with Crippen LogP contribution in [-0.2, 0) is 0 Å². The zero-order chi connectivity index (χ0) is 12.9. The van der Waals surface area contributed by atoms with Gasteiger partial charge in [-0.2, -0.15) is 0 Å². The smallest absolute Gasteiger partial charge is 0.304 e. The predicted octanol–water partition coefficient (Wildman–Crippen LogP) is 4.54. The van der Waals surface area contributed by atoms with E-state index in [4.69, 9.17) is 0 Å². The lowest BCUT2D eigenvalue weighted by Crippen LogP contribution is -2.05. The van der Waals surface area contributed by atoms with Crippen LogP contribution in [0.15, 0.2) is 10.2 Å².